The van der Waals surface area contributed by atoms with Crippen LogP contribution >= 0.6 is 132 Å². The Hall–Kier alpha value is 1.42. The van der Waals surface area contributed by atoms with Gasteiger partial charge in [-0.3, -0.25) is 19.4 Å². The number of nitrogens with two attached hydrogens (primary N) is 1. The molecule has 0 aromatic heterocycles. The molecule has 3 aliphatic rings. The van der Waals surface area contributed by atoms with Gasteiger partial charge >= 0.3 is 158 Å². The van der Waals surface area contributed by atoms with Crippen molar-refractivity contribution in [1.29, 1.82) is 0 Å². The first-order valence-electron chi connectivity index (χ1n) is 23.5. The fourth-order valence-corrected chi connectivity index (χ4v) is 8.14. The summed E-state index contributed by atoms with van der Waals surface area (Å²) >= 11 is 19.0. The van der Waals surface area contributed by atoms with Crippen LogP contribution in [0.5, 0.6) is 0 Å². The van der Waals surface area contributed by atoms with Gasteiger partial charge in [-0.05, 0) is 95.8 Å². The Morgan fingerprint density at radius 3 is 1.64 bits per heavy atom. The van der Waals surface area contributed by atoms with Gasteiger partial charge in [0.2, 0.25) is 5.91 Å². The topological polar surface area (TPSA) is 195 Å². The van der Waals surface area contributed by atoms with Crippen LogP contribution in [0.1, 0.15) is 111 Å². The van der Waals surface area contributed by atoms with Gasteiger partial charge in [-0.15, -0.1) is 0 Å². The van der Waals surface area contributed by atoms with Crippen molar-refractivity contribution in [1.82, 2.24) is 20.4 Å². The smallest absolute Gasteiger partial charge is 1.00 e. The number of esters is 1. The number of halogens is 7. The van der Waals surface area contributed by atoms with Crippen LogP contribution in [0.3, 0.4) is 0 Å². The maximum atomic E-state index is 12.7. The number of likely N-dealkylation sites (tertiary alicyclic amines) is 1. The zero-order valence-corrected chi connectivity index (χ0v) is 60.0. The first-order valence-corrected chi connectivity index (χ1v) is 47.8. The number of hydrogen-bond acceptors (Lipinski definition) is 12. The number of fused-ring (bicyclic) bond motifs is 2. The molecule has 75 heavy (non-hydrogen) atoms. The molecular formula is C50H75AlBr2I5LiN5O9V2. The van der Waals surface area contributed by atoms with Crippen molar-refractivity contribution in [2.24, 2.45) is 5.73 Å². The summed E-state index contributed by atoms with van der Waals surface area (Å²) in [5.41, 5.74) is 8.57. The Labute approximate surface area is 554 Å². The molecule has 4 N–H and O–H groups in total. The maximum absolute atomic E-state index is 12.7. The van der Waals surface area contributed by atoms with E-state index in [2.05, 4.69) is 185 Å². The number of benzene rings is 3. The first kappa shape index (κ1) is 82.9. The second-order valence-electron chi connectivity index (χ2n) is 16.9. The van der Waals surface area contributed by atoms with E-state index in [1.54, 1.807) is 0 Å². The van der Waals surface area contributed by atoms with Crippen molar-refractivity contribution in [3.63, 3.8) is 0 Å². The van der Waals surface area contributed by atoms with Gasteiger partial charge < -0.3 is 27.3 Å². The number of alkyl halides is 2. The van der Waals surface area contributed by atoms with Gasteiger partial charge in [-0.25, -0.2) is 4.79 Å². The summed E-state index contributed by atoms with van der Waals surface area (Å²) in [6, 6.07) is 31.7. The van der Waals surface area contributed by atoms with Crippen LogP contribution in [0.4, 0.5) is 4.79 Å². The summed E-state index contributed by atoms with van der Waals surface area (Å²) in [5, 5.41) is 6.47. The van der Waals surface area contributed by atoms with Crippen LogP contribution in [-0.2, 0) is 72.3 Å². The summed E-state index contributed by atoms with van der Waals surface area (Å²) in [6.07, 6.45) is 8.62. The summed E-state index contributed by atoms with van der Waals surface area (Å²) in [5.74, 6) is 0.00374. The van der Waals surface area contributed by atoms with Crippen LogP contribution in [0, 0.1) is 0 Å². The standard InChI is InChI=1S/C21H26N2O.C11H20N2O2.C9H16Br2O2.C7H9N.2CO2.Al.5HI.Li.2V.4H/c1-2-19-13-14-20(23(19)16-18-11-7-4-8-12-18)21(24)22-15-17-9-5-3-6-10-17;1-11(2,3)15-10(14)13-8-4-5-9(13)7-12-6-8;1-3-7(10)5-6-8(11)9(12)13-4-2;8-6-7-4-2-1-3-5-7;2*2-1-3;;;;;;;;;;;;;/h3-12,19-20H,2,13-16H2,1H3,(H,22,24);8-9,12H,4-7H2,1-3H3;7-8H,3-6H2,1-2H3;1-5H,6,8H2;;;;5*1H;;;;;;;/q;;;;;;;;;;;;+1;+2;+3;;;;-1/p-5/t;;7-,8-;;;;;;;;;;;;;;;;/m..1................/s1. The van der Waals surface area contributed by atoms with Crippen LogP contribution in [0.15, 0.2) is 91.0 Å². The molecule has 3 aromatic carbocycles. The quantitative estimate of drug-likeness (QED) is 0.0639. The molecule has 25 heteroatoms. The van der Waals surface area contributed by atoms with Crippen molar-refractivity contribution in [3.8, 4) is 0 Å². The number of nitrogens with one attached hydrogen (secondary N) is 2. The molecular weight excluding hydrogens is 1740 g/mol. The van der Waals surface area contributed by atoms with E-state index in [9.17, 15) is 14.4 Å². The van der Waals surface area contributed by atoms with Crippen molar-refractivity contribution < 1.29 is 77.7 Å². The monoisotopic (exact) mass is 1820 g/mol. The molecule has 4 unspecified atom stereocenters. The predicted molar refractivity (Wildman–Crippen MR) is 342 cm³/mol. The van der Waals surface area contributed by atoms with Crippen molar-refractivity contribution in [3.05, 3.63) is 108 Å². The maximum Gasteiger partial charge on any atom is 1.00 e. The van der Waals surface area contributed by atoms with Crippen molar-refractivity contribution >= 4 is 179 Å². The SMILES string of the molecule is CC(C)(C)OC(=O)N1C2CCC1CNC2.CCC1CCC(C(=O)NCc2ccccc2)N1Cc1ccccc1.CCOC(=O)[C@H](Br)CC[C@H](Br)CC.NCc1ccccc1.O=C=O.O=C=O.[AlH3].[H-].[I][V]([I])[I].[I][V][I].[Li+]. The van der Waals surface area contributed by atoms with Gasteiger partial charge in [0.1, 0.15) is 10.4 Å². The molecule has 6 atom stereocenters. The van der Waals surface area contributed by atoms with Gasteiger partial charge in [0.05, 0.1) is 12.6 Å². The zero-order valence-electron chi connectivity index (χ0n) is 44.2. The Morgan fingerprint density at radius 2 is 1.25 bits per heavy atom. The fraction of sp³-hybridized carbons (Fsp3) is 0.540. The number of ether oxygens (including phenoxy) is 2. The average molecular weight is 1820 g/mol. The van der Waals surface area contributed by atoms with E-state index < -0.39 is 0 Å². The van der Waals surface area contributed by atoms with E-state index in [1.165, 1.54) is 11.1 Å². The molecule has 0 radical (unpaired) electrons. The van der Waals surface area contributed by atoms with Crippen LogP contribution in [0.25, 0.3) is 0 Å². The van der Waals surface area contributed by atoms with Gasteiger partial charge in [0, 0.05) is 55.7 Å². The normalized spacial score (nSPS) is 17.2. The molecule has 6 rings (SSSR count). The number of hydrogen-bond donors (Lipinski definition) is 3. The molecule has 2 bridgehead atoms. The number of carbonyl (C=O) groups excluding carboxylic acids is 7. The molecule has 0 spiro atoms. The van der Waals surface area contributed by atoms with Gasteiger partial charge in [0.25, 0.3) is 0 Å². The molecule has 2 amide bonds. The number of carbonyl (C=O) groups is 3. The summed E-state index contributed by atoms with van der Waals surface area (Å²) < 4.78 is 10.3. The second-order valence-corrected chi connectivity index (χ2v) is 66.4. The summed E-state index contributed by atoms with van der Waals surface area (Å²) in [7, 11) is 0.628. The summed E-state index contributed by atoms with van der Waals surface area (Å²) in [4.78, 5) is 72.7. The molecule has 3 aliphatic heterocycles. The zero-order chi connectivity index (χ0) is 55.6. The molecule has 0 aliphatic carbocycles. The van der Waals surface area contributed by atoms with Crippen LogP contribution in [-0.4, -0.2) is 117 Å². The number of nitrogens with zero attached hydrogens (tertiary/aromatic N) is 2. The van der Waals surface area contributed by atoms with Gasteiger partial charge in [-0.2, -0.15) is 19.2 Å². The second kappa shape index (κ2) is 53.4. The number of amides is 2. The minimum absolute atomic E-state index is 0. The van der Waals surface area contributed by atoms with E-state index >= 15 is 0 Å². The fourth-order valence-electron chi connectivity index (χ4n) is 7.48. The minimum atomic E-state index is -0.388. The predicted octanol–water partition coefficient (Wildman–Crippen LogP) is 8.70. The first-order chi connectivity index (χ1) is 34.8. The van der Waals surface area contributed by atoms with Crippen LogP contribution in [0.2, 0.25) is 0 Å². The Kier molecular flexibility index (Phi) is 59.0. The van der Waals surface area contributed by atoms with Crippen molar-refractivity contribution in [2.45, 2.75) is 152 Å². The molecule has 3 heterocycles. The van der Waals surface area contributed by atoms with Gasteiger partial charge in [-0.1, -0.05) is 137 Å². The molecule has 417 valence electrons. The average Bonchev–Trinajstić information content (AvgIpc) is 3.89. The molecule has 3 saturated heterocycles. The Bertz CT molecular complexity index is 1940. The van der Waals surface area contributed by atoms with Crippen LogP contribution < -0.4 is 35.2 Å². The molecule has 0 saturated carbocycles. The summed E-state index contributed by atoms with van der Waals surface area (Å²) in [6.45, 7) is 16.3. The minimum Gasteiger partial charge on any atom is 1.00 e. The molecule has 14 nitrogen and oxygen atoms in total. The van der Waals surface area contributed by atoms with E-state index in [-0.39, 0.29) is 89.3 Å². The van der Waals surface area contributed by atoms with Crippen molar-refractivity contribution in [2.75, 3.05) is 19.7 Å². The number of piperazine rings is 1. The third kappa shape index (κ3) is 42.8. The Morgan fingerprint density at radius 1 is 0.813 bits per heavy atom. The third-order valence-corrected chi connectivity index (χ3v) is 12.7. The molecule has 3 aromatic rings. The van der Waals surface area contributed by atoms with Gasteiger partial charge in [0.15, 0.2) is 17.4 Å². The van der Waals surface area contributed by atoms with E-state index in [0.29, 0.717) is 52.1 Å². The molecule has 3 fully saturated rings. The van der Waals surface area contributed by atoms with E-state index in [4.69, 9.17) is 34.4 Å². The largest absolute Gasteiger partial charge is 1.00 e. The number of rotatable bonds is 13. The van der Waals surface area contributed by atoms with E-state index in [0.717, 1.165) is 76.6 Å². The van der Waals surface area contributed by atoms with E-state index in [1.807, 2.05) is 99.3 Å². The third-order valence-electron chi connectivity index (χ3n) is 10.7. The Balaban J connectivity index is -0.000000283.